The van der Waals surface area contributed by atoms with Crippen LogP contribution in [0, 0.1) is 5.92 Å². The number of carbonyl (C=O) groups is 1. The van der Waals surface area contributed by atoms with Gasteiger partial charge in [0.15, 0.2) is 0 Å². The van der Waals surface area contributed by atoms with Crippen molar-refractivity contribution in [3.05, 3.63) is 59.9 Å². The molecule has 2 aromatic rings. The number of amides is 1. The number of aromatic nitrogens is 1. The highest BCUT2D eigenvalue weighted by Gasteiger charge is 2.38. The Balaban J connectivity index is 1.72. The Labute approximate surface area is 207 Å². The van der Waals surface area contributed by atoms with Gasteiger partial charge in [-0.15, -0.1) is 0 Å². The summed E-state index contributed by atoms with van der Waals surface area (Å²) in [6.07, 6.45) is 6.31. The van der Waals surface area contributed by atoms with E-state index in [0.29, 0.717) is 5.69 Å². The number of sulfonamides is 1. The molecular weight excluding hydrogens is 466 g/mol. The lowest BCUT2D eigenvalue weighted by Gasteiger charge is -2.37. The van der Waals surface area contributed by atoms with Crippen LogP contribution in [0.4, 0.5) is 0 Å². The molecule has 0 unspecified atom stereocenters. The number of pyridine rings is 1. The van der Waals surface area contributed by atoms with Crippen LogP contribution in [-0.2, 0) is 10.0 Å². The molecule has 1 amide bonds. The fourth-order valence-electron chi connectivity index (χ4n) is 4.61. The highest BCUT2D eigenvalue weighted by molar-refractivity contribution is 7.89. The van der Waals surface area contributed by atoms with E-state index in [4.69, 9.17) is 4.74 Å². The largest absolute Gasteiger partial charge is 0.487 e. The summed E-state index contributed by atoms with van der Waals surface area (Å²) in [6.45, 7) is 3.72. The molecule has 4 rings (SSSR count). The van der Waals surface area contributed by atoms with Crippen molar-refractivity contribution in [2.45, 2.75) is 50.2 Å². The summed E-state index contributed by atoms with van der Waals surface area (Å²) in [4.78, 5) is 18.7. The first kappa shape index (κ1) is 25.3. The fraction of sp³-hybridized carbons (Fsp3) is 0.462. The van der Waals surface area contributed by atoms with Crippen LogP contribution in [0.1, 0.15) is 49.2 Å². The number of hydrogen-bond donors (Lipinski definition) is 1. The van der Waals surface area contributed by atoms with Gasteiger partial charge in [0.25, 0.3) is 5.91 Å². The highest BCUT2D eigenvalue weighted by atomic mass is 32.2. The van der Waals surface area contributed by atoms with E-state index in [1.807, 2.05) is 13.0 Å². The zero-order valence-electron chi connectivity index (χ0n) is 20.4. The number of aliphatic hydroxyl groups excluding tert-OH is 1. The molecule has 35 heavy (non-hydrogen) atoms. The number of aliphatic hydroxyl groups is 1. The molecule has 1 aromatic carbocycles. The second-order valence-corrected chi connectivity index (χ2v) is 11.3. The van der Waals surface area contributed by atoms with Gasteiger partial charge in [0.2, 0.25) is 10.0 Å². The maximum atomic E-state index is 13.6. The van der Waals surface area contributed by atoms with Crippen LogP contribution in [0.3, 0.4) is 0 Å². The third-order valence-corrected chi connectivity index (χ3v) is 8.78. The molecule has 9 heteroatoms. The van der Waals surface area contributed by atoms with Crippen LogP contribution in [-0.4, -0.2) is 72.5 Å². The summed E-state index contributed by atoms with van der Waals surface area (Å²) in [6, 6.07) is 9.81. The van der Waals surface area contributed by atoms with Gasteiger partial charge < -0.3 is 14.7 Å². The molecule has 0 saturated heterocycles. The quantitative estimate of drug-likeness (QED) is 0.655. The predicted octanol–water partition coefficient (Wildman–Crippen LogP) is 3.19. The monoisotopic (exact) mass is 499 g/mol. The van der Waals surface area contributed by atoms with E-state index in [1.165, 1.54) is 9.88 Å². The first-order valence-corrected chi connectivity index (χ1v) is 13.5. The number of rotatable bonds is 6. The van der Waals surface area contributed by atoms with Crippen LogP contribution in [0.25, 0.3) is 5.57 Å². The van der Waals surface area contributed by atoms with E-state index in [2.05, 4.69) is 11.1 Å². The first-order chi connectivity index (χ1) is 16.7. The van der Waals surface area contributed by atoms with E-state index in [9.17, 15) is 18.3 Å². The zero-order valence-corrected chi connectivity index (χ0v) is 21.2. The number of nitrogens with zero attached hydrogens (tertiary/aromatic N) is 3. The molecule has 0 bridgehead atoms. The maximum Gasteiger partial charge on any atom is 0.272 e. The molecule has 2 aliphatic rings. The van der Waals surface area contributed by atoms with Gasteiger partial charge in [0, 0.05) is 31.7 Å². The molecular formula is C26H33N3O5S. The Morgan fingerprint density at radius 3 is 2.77 bits per heavy atom. The molecule has 0 saturated carbocycles. The van der Waals surface area contributed by atoms with Crippen molar-refractivity contribution < 1.29 is 23.1 Å². The van der Waals surface area contributed by atoms with Gasteiger partial charge in [0.05, 0.1) is 13.2 Å². The number of benzene rings is 1. The van der Waals surface area contributed by atoms with Crippen molar-refractivity contribution in [1.29, 1.82) is 0 Å². The van der Waals surface area contributed by atoms with E-state index in [1.54, 1.807) is 55.4 Å². The molecule has 188 valence electrons. The van der Waals surface area contributed by atoms with Gasteiger partial charge in [-0.25, -0.2) is 8.42 Å². The van der Waals surface area contributed by atoms with Crippen LogP contribution in [0.5, 0.6) is 5.75 Å². The summed E-state index contributed by atoms with van der Waals surface area (Å²) in [5, 5.41) is 9.81. The van der Waals surface area contributed by atoms with Crippen LogP contribution in [0.15, 0.2) is 53.6 Å². The van der Waals surface area contributed by atoms with Crippen molar-refractivity contribution >= 4 is 21.5 Å². The topological polar surface area (TPSA) is 100 Å². The summed E-state index contributed by atoms with van der Waals surface area (Å²) in [5.74, 6) is -0.206. The number of likely N-dealkylation sites (N-methyl/N-ethyl adjacent to an activating group) is 1. The van der Waals surface area contributed by atoms with Gasteiger partial charge in [-0.1, -0.05) is 25.1 Å². The Hall–Kier alpha value is -2.75. The van der Waals surface area contributed by atoms with Crippen LogP contribution >= 0.6 is 0 Å². The van der Waals surface area contributed by atoms with Crippen molar-refractivity contribution in [1.82, 2.24) is 14.2 Å². The van der Waals surface area contributed by atoms with E-state index in [0.717, 1.165) is 24.8 Å². The summed E-state index contributed by atoms with van der Waals surface area (Å²) in [7, 11) is -2.21. The van der Waals surface area contributed by atoms with Gasteiger partial charge >= 0.3 is 0 Å². The normalized spacial score (nSPS) is 22.8. The SMILES string of the molecule is C[C@H](CO)N1C[C@H](C)[C@H](CN(C)C(=O)c2ccccn2)Oc2cc(C3=CCCC3)ccc2S1(=O)=O. The number of carbonyl (C=O) groups excluding carboxylic acids is 1. The average Bonchev–Trinajstić information content (AvgIpc) is 3.40. The molecule has 0 radical (unpaired) electrons. The molecule has 1 aliphatic heterocycles. The Bertz CT molecular complexity index is 1200. The predicted molar refractivity (Wildman–Crippen MR) is 133 cm³/mol. The summed E-state index contributed by atoms with van der Waals surface area (Å²) < 4.78 is 35.0. The van der Waals surface area contributed by atoms with E-state index >= 15 is 0 Å². The van der Waals surface area contributed by atoms with Crippen LogP contribution < -0.4 is 4.74 Å². The van der Waals surface area contributed by atoms with Crippen molar-refractivity contribution in [2.75, 3.05) is 26.7 Å². The second-order valence-electron chi connectivity index (χ2n) is 9.42. The minimum atomic E-state index is -3.90. The number of fused-ring (bicyclic) bond motifs is 1. The maximum absolute atomic E-state index is 13.6. The number of hydrogen-bond acceptors (Lipinski definition) is 6. The van der Waals surface area contributed by atoms with Crippen molar-refractivity contribution in [3.8, 4) is 5.75 Å². The van der Waals surface area contributed by atoms with Crippen molar-refractivity contribution in [3.63, 3.8) is 0 Å². The zero-order chi connectivity index (χ0) is 25.2. The lowest BCUT2D eigenvalue weighted by molar-refractivity contribution is 0.0559. The Morgan fingerprint density at radius 1 is 1.31 bits per heavy atom. The molecule has 2 heterocycles. The minimum Gasteiger partial charge on any atom is -0.487 e. The molecule has 1 aromatic heterocycles. The molecule has 0 spiro atoms. The Morgan fingerprint density at radius 2 is 2.11 bits per heavy atom. The summed E-state index contributed by atoms with van der Waals surface area (Å²) in [5.41, 5.74) is 2.47. The number of allylic oxidation sites excluding steroid dienone is 2. The molecule has 0 fully saturated rings. The number of ether oxygens (including phenoxy) is 1. The fourth-order valence-corrected chi connectivity index (χ4v) is 6.44. The Kier molecular flexibility index (Phi) is 7.59. The smallest absolute Gasteiger partial charge is 0.272 e. The minimum absolute atomic E-state index is 0.0794. The van der Waals surface area contributed by atoms with E-state index < -0.39 is 22.2 Å². The molecule has 8 nitrogen and oxygen atoms in total. The molecule has 1 N–H and O–H groups in total. The standard InChI is InChI=1S/C26H33N3O5S/c1-18-15-29(19(2)17-30)35(32,33)25-12-11-21(20-8-4-5-9-20)14-23(25)34-24(18)16-28(3)26(31)22-10-6-7-13-27-22/h6-8,10-14,18-19,24,30H,4-5,9,15-17H2,1-3H3/t18-,19+,24-/m0/s1. The molecule has 1 aliphatic carbocycles. The van der Waals surface area contributed by atoms with Gasteiger partial charge in [-0.05, 0) is 61.6 Å². The lowest BCUT2D eigenvalue weighted by Crippen LogP contribution is -2.50. The highest BCUT2D eigenvalue weighted by Crippen LogP contribution is 2.37. The summed E-state index contributed by atoms with van der Waals surface area (Å²) >= 11 is 0. The molecule has 3 atom stereocenters. The van der Waals surface area contributed by atoms with Gasteiger partial charge in [-0.2, -0.15) is 4.31 Å². The van der Waals surface area contributed by atoms with Crippen molar-refractivity contribution in [2.24, 2.45) is 5.92 Å². The lowest BCUT2D eigenvalue weighted by atomic mass is 10.0. The first-order valence-electron chi connectivity index (χ1n) is 12.0. The third kappa shape index (κ3) is 5.27. The average molecular weight is 500 g/mol. The van der Waals surface area contributed by atoms with Crippen LogP contribution in [0.2, 0.25) is 0 Å². The van der Waals surface area contributed by atoms with Gasteiger partial charge in [-0.3, -0.25) is 9.78 Å². The third-order valence-electron chi connectivity index (χ3n) is 6.76. The van der Waals surface area contributed by atoms with E-state index in [-0.39, 0.29) is 42.2 Å². The second kappa shape index (κ2) is 10.5. The van der Waals surface area contributed by atoms with Gasteiger partial charge in [0.1, 0.15) is 22.4 Å².